The van der Waals surface area contributed by atoms with E-state index in [1.54, 1.807) is 0 Å². The van der Waals surface area contributed by atoms with Crippen LogP contribution < -0.4 is 33.1 Å². The molecule has 2 aliphatic rings. The van der Waals surface area contributed by atoms with Crippen molar-refractivity contribution >= 4 is 66.5 Å². The minimum Gasteiger partial charge on any atom is -0.422 e. The van der Waals surface area contributed by atoms with Crippen LogP contribution in [-0.4, -0.2) is 183 Å². The van der Waals surface area contributed by atoms with E-state index in [-0.39, 0.29) is 22.5 Å². The van der Waals surface area contributed by atoms with Crippen LogP contribution in [0.1, 0.15) is 107 Å². The van der Waals surface area contributed by atoms with Crippen molar-refractivity contribution in [2.45, 2.75) is 127 Å². The zero-order valence-electron chi connectivity index (χ0n) is 71.0. The van der Waals surface area contributed by atoms with Gasteiger partial charge < -0.3 is 65.5 Å². The molecular weight excluding hydrogens is 1510 g/mol. The number of aromatic nitrogens is 12. The molecule has 2 aliphatic heterocycles. The van der Waals surface area contributed by atoms with Crippen molar-refractivity contribution < 1.29 is 17.7 Å². The van der Waals surface area contributed by atoms with E-state index in [0.29, 0.717) is 73.4 Å². The SMILES string of the molecule is Cc1cn2cc(-c3cc4ccc(CCCN(C)C)cc4oc3=O)nc2c(C)n1.Cc1cn2cc(-c3cc4ccc(CCCN5CCN(C)CC5)cc4oc3=O)nc2c(C)n1.Cc1cn2cc(-c3cc4ccc(CCCN5CCNCC5)cc4oc3=O)nc2c(C)n1.Cc1cn2cc(-c3cc4ccc(CCCNC(C)C)cc4oc3=O)nc2c(C)n1. The summed E-state index contributed by atoms with van der Waals surface area (Å²) in [5, 5.41) is 10.4. The van der Waals surface area contributed by atoms with E-state index in [9.17, 15) is 19.2 Å². The first-order valence-corrected chi connectivity index (χ1v) is 41.7. The maximum absolute atomic E-state index is 12.8. The largest absolute Gasteiger partial charge is 0.422 e. The number of fused-ring (bicyclic) bond motifs is 8. The summed E-state index contributed by atoms with van der Waals surface area (Å²) in [5.41, 5.74) is 20.0. The lowest BCUT2D eigenvalue weighted by molar-refractivity contribution is 0.153. The Bertz CT molecular complexity index is 6690. The standard InChI is InChI=1S/C25H29N5O2.C24H27N5O2.C23H26N4O2.C22H24N4O2/c1-17-15-30-16-22(27-24(30)18(2)26-17)21-14-20-7-6-19(13-23(20)32-25(21)31)5-4-8-29-11-9-28(3)10-12-29;1-16-14-29-15-21(27-23(29)17(2)26-16)20-13-19-6-5-18(12-22(19)31-24(20)30)4-3-9-28-10-7-25-8-11-28;1-14(2)24-9-5-6-17-7-8-18-11-19(23(28)29-21(18)10-17)20-13-27-12-15(3)25-16(4)22(27)26-20;1-14-12-26-13-19(24-21(26)15(2)23-14)18-11-17-8-7-16(6-5-9-25(3)4)10-20(17)28-22(18)27/h6-7,13-16H,4-5,8-12H2,1-3H3;5-6,12-15,25H,3-4,7-11H2,1-2H3;7-8,10-14,24H,5-6,9H2,1-4H3;7-8,10-13H,5-6,9H2,1-4H3. The second-order valence-electron chi connectivity index (χ2n) is 32.6. The van der Waals surface area contributed by atoms with Gasteiger partial charge in [-0.2, -0.15) is 0 Å². The van der Waals surface area contributed by atoms with Crippen LogP contribution >= 0.6 is 0 Å². The maximum Gasteiger partial charge on any atom is 0.345 e. The third-order valence-corrected chi connectivity index (χ3v) is 22.2. The van der Waals surface area contributed by atoms with E-state index in [2.05, 4.69) is 129 Å². The molecular formula is C94H106N18O8. The first-order chi connectivity index (χ1) is 57.8. The van der Waals surface area contributed by atoms with Gasteiger partial charge in [-0.1, -0.05) is 62.4 Å². The number of nitrogens with one attached hydrogen (secondary N) is 2. The molecule has 4 aromatic carbocycles. The van der Waals surface area contributed by atoms with Crippen molar-refractivity contribution in [2.75, 3.05) is 99.7 Å². The molecule has 2 saturated heterocycles. The summed E-state index contributed by atoms with van der Waals surface area (Å²) in [6.07, 6.45) is 23.2. The third kappa shape index (κ3) is 19.8. The van der Waals surface area contributed by atoms with Crippen molar-refractivity contribution in [1.82, 2.24) is 87.7 Å². The maximum atomic E-state index is 12.8. The number of piperazine rings is 2. The Morgan fingerprint density at radius 2 is 0.683 bits per heavy atom. The molecule has 0 amide bonds. The van der Waals surface area contributed by atoms with Gasteiger partial charge in [-0.05, 0) is 225 Å². The van der Waals surface area contributed by atoms with Gasteiger partial charge >= 0.3 is 22.5 Å². The van der Waals surface area contributed by atoms with Crippen LogP contribution in [0.5, 0.6) is 0 Å². The zero-order chi connectivity index (χ0) is 84.0. The molecule has 120 heavy (non-hydrogen) atoms. The molecule has 14 heterocycles. The van der Waals surface area contributed by atoms with Gasteiger partial charge in [0.25, 0.3) is 0 Å². The number of hydrogen-bond acceptors (Lipinski definition) is 22. The van der Waals surface area contributed by atoms with E-state index in [0.717, 1.165) is 220 Å². The Morgan fingerprint density at radius 3 is 0.992 bits per heavy atom. The predicted octanol–water partition coefficient (Wildman–Crippen LogP) is 13.9. The Morgan fingerprint density at radius 1 is 0.383 bits per heavy atom. The second-order valence-corrected chi connectivity index (χ2v) is 32.6. The number of aryl methyl sites for hydroxylation is 12. The summed E-state index contributed by atoms with van der Waals surface area (Å²) in [6, 6.07) is 32.5. The van der Waals surface area contributed by atoms with Gasteiger partial charge in [-0.15, -0.1) is 0 Å². The summed E-state index contributed by atoms with van der Waals surface area (Å²) in [5.74, 6) is 0. The molecule has 620 valence electrons. The average molecular weight is 1620 g/mol. The molecule has 0 aliphatic carbocycles. The lowest BCUT2D eigenvalue weighted by Gasteiger charge is -2.32. The topological polar surface area (TPSA) is 279 Å². The molecule has 26 heteroatoms. The van der Waals surface area contributed by atoms with E-state index >= 15 is 0 Å². The molecule has 2 fully saturated rings. The smallest absolute Gasteiger partial charge is 0.345 e. The summed E-state index contributed by atoms with van der Waals surface area (Å²) < 4.78 is 30.3. The molecule has 0 bridgehead atoms. The van der Waals surface area contributed by atoms with Gasteiger partial charge in [0.15, 0.2) is 22.6 Å². The molecule has 26 nitrogen and oxygen atoms in total. The van der Waals surface area contributed by atoms with Crippen molar-refractivity contribution in [1.29, 1.82) is 0 Å². The molecule has 0 unspecified atom stereocenters. The monoisotopic (exact) mass is 1610 g/mol. The fourth-order valence-corrected chi connectivity index (χ4v) is 16.0. The van der Waals surface area contributed by atoms with E-state index < -0.39 is 0 Å². The average Bonchev–Trinajstić information content (AvgIpc) is 1.55. The number of hydrogen-bond donors (Lipinski definition) is 2. The van der Waals surface area contributed by atoms with Crippen LogP contribution in [0.3, 0.4) is 0 Å². The van der Waals surface area contributed by atoms with Crippen LogP contribution in [0.25, 0.3) is 111 Å². The lowest BCUT2D eigenvalue weighted by atomic mass is 10.1. The zero-order valence-corrected chi connectivity index (χ0v) is 71.0. The van der Waals surface area contributed by atoms with Gasteiger partial charge in [-0.3, -0.25) is 19.9 Å². The van der Waals surface area contributed by atoms with Crippen LogP contribution in [-0.2, 0) is 25.7 Å². The fraction of sp³-hybridized carbons (Fsp3) is 0.362. The van der Waals surface area contributed by atoms with Crippen molar-refractivity contribution in [3.8, 4) is 45.0 Å². The summed E-state index contributed by atoms with van der Waals surface area (Å²) in [7, 11) is 6.32. The van der Waals surface area contributed by atoms with Gasteiger partial charge in [0, 0.05) is 130 Å². The predicted molar refractivity (Wildman–Crippen MR) is 474 cm³/mol. The van der Waals surface area contributed by atoms with Gasteiger partial charge in [0.2, 0.25) is 0 Å². The van der Waals surface area contributed by atoms with Crippen molar-refractivity contribution in [3.05, 3.63) is 256 Å². The number of likely N-dealkylation sites (N-methyl/N-ethyl adjacent to an activating group) is 1. The highest BCUT2D eigenvalue weighted by Crippen LogP contribution is 2.30. The molecule has 0 radical (unpaired) electrons. The van der Waals surface area contributed by atoms with Crippen molar-refractivity contribution in [2.24, 2.45) is 0 Å². The third-order valence-electron chi connectivity index (χ3n) is 22.2. The summed E-state index contributed by atoms with van der Waals surface area (Å²) >= 11 is 0. The minimum absolute atomic E-state index is 0.363. The Hall–Kier alpha value is -12.0. The van der Waals surface area contributed by atoms with E-state index in [1.807, 2.05) is 195 Å². The highest BCUT2D eigenvalue weighted by molar-refractivity contribution is 5.85. The van der Waals surface area contributed by atoms with E-state index in [1.165, 1.54) is 22.3 Å². The normalized spacial score (nSPS) is 13.7. The Kier molecular flexibility index (Phi) is 25.4. The van der Waals surface area contributed by atoms with Gasteiger partial charge in [-0.25, -0.2) is 39.1 Å². The number of imidazole rings is 4. The number of nitrogens with zero attached hydrogens (tertiary/aromatic N) is 16. The highest BCUT2D eigenvalue weighted by Gasteiger charge is 2.21. The second kappa shape index (κ2) is 36.7. The van der Waals surface area contributed by atoms with Crippen LogP contribution in [0.2, 0.25) is 0 Å². The van der Waals surface area contributed by atoms with Gasteiger partial charge in [0.05, 0.1) is 90.6 Å². The quantitative estimate of drug-likeness (QED) is 0.0499. The minimum atomic E-state index is -0.373. The molecule has 12 aromatic heterocycles. The summed E-state index contributed by atoms with van der Waals surface area (Å²) in [4.78, 5) is 96.7. The molecule has 0 saturated carbocycles. The van der Waals surface area contributed by atoms with E-state index in [4.69, 9.17) is 17.7 Å². The number of benzene rings is 4. The molecule has 0 spiro atoms. The lowest BCUT2D eigenvalue weighted by Crippen LogP contribution is -2.44. The first kappa shape index (κ1) is 83.0. The summed E-state index contributed by atoms with van der Waals surface area (Å²) in [6.45, 7) is 32.9. The Labute approximate surface area is 695 Å². The van der Waals surface area contributed by atoms with Crippen molar-refractivity contribution in [3.63, 3.8) is 0 Å². The number of rotatable bonds is 21. The molecule has 18 rings (SSSR count). The fourth-order valence-electron chi connectivity index (χ4n) is 16.0. The van der Waals surface area contributed by atoms with Crippen LogP contribution in [0.4, 0.5) is 0 Å². The van der Waals surface area contributed by atoms with Gasteiger partial charge in [0.1, 0.15) is 22.3 Å². The molecule has 0 atom stereocenters. The first-order valence-electron chi connectivity index (χ1n) is 41.7. The molecule has 2 N–H and O–H groups in total. The van der Waals surface area contributed by atoms with Crippen LogP contribution in [0.15, 0.2) is 183 Å². The highest BCUT2D eigenvalue weighted by atomic mass is 16.4. The molecule has 16 aromatic rings. The van der Waals surface area contributed by atoms with Crippen LogP contribution in [0, 0.1) is 55.4 Å². The Balaban J connectivity index is 0.000000125.